The van der Waals surface area contributed by atoms with Gasteiger partial charge in [-0.2, -0.15) is 0 Å². The number of hydrogen-bond acceptors (Lipinski definition) is 4. The number of H-pyrrole nitrogens is 1. The smallest absolute Gasteiger partial charge is 0.316 e. The third kappa shape index (κ3) is 4.04. The van der Waals surface area contributed by atoms with Gasteiger partial charge in [-0.25, -0.2) is 13.1 Å². The van der Waals surface area contributed by atoms with E-state index in [1.165, 1.54) is 4.57 Å². The van der Waals surface area contributed by atoms with Crippen LogP contribution in [0, 0.1) is 0 Å². The lowest BCUT2D eigenvalue weighted by Gasteiger charge is -2.11. The van der Waals surface area contributed by atoms with Crippen LogP contribution in [0.1, 0.15) is 5.56 Å². The van der Waals surface area contributed by atoms with Gasteiger partial charge in [0.15, 0.2) is 0 Å². The van der Waals surface area contributed by atoms with Gasteiger partial charge in [0, 0.05) is 13.1 Å². The first kappa shape index (κ1) is 17.1. The molecule has 0 unspecified atom stereocenters. The maximum absolute atomic E-state index is 12.1. The first-order valence-electron chi connectivity index (χ1n) is 7.69. The van der Waals surface area contributed by atoms with E-state index in [0.29, 0.717) is 16.6 Å². The van der Waals surface area contributed by atoms with E-state index in [-0.39, 0.29) is 18.8 Å². The van der Waals surface area contributed by atoms with E-state index in [2.05, 4.69) is 9.71 Å². The topological polar surface area (TPSA) is 101 Å². The molecule has 0 atom stereocenters. The molecule has 0 spiro atoms. The van der Waals surface area contributed by atoms with Crippen LogP contribution in [0.15, 0.2) is 64.2 Å². The normalized spacial score (nSPS) is 11.7. The molecule has 0 fully saturated rings. The lowest BCUT2D eigenvalue weighted by atomic mass is 10.2. The van der Waals surface area contributed by atoms with Crippen LogP contribution in [0.25, 0.3) is 11.0 Å². The molecule has 0 aliphatic rings. The first-order valence-corrected chi connectivity index (χ1v) is 9.35. The van der Waals surface area contributed by atoms with Gasteiger partial charge in [-0.05, 0) is 17.7 Å². The molecule has 130 valence electrons. The molecule has 0 aliphatic carbocycles. The van der Waals surface area contributed by atoms with E-state index >= 15 is 0 Å². The number of nitrogens with one attached hydrogen (secondary N) is 2. The molecule has 0 radical (unpaired) electrons. The molecule has 0 saturated carbocycles. The minimum atomic E-state index is -3.53. The molecule has 2 aromatic carbocycles. The van der Waals surface area contributed by atoms with Crippen molar-refractivity contribution in [2.75, 3.05) is 6.54 Å². The predicted octanol–water partition coefficient (Wildman–Crippen LogP) is 0.809. The summed E-state index contributed by atoms with van der Waals surface area (Å²) < 4.78 is 28.0. The van der Waals surface area contributed by atoms with Crippen molar-refractivity contribution >= 4 is 21.1 Å². The molecule has 3 aromatic rings. The Morgan fingerprint density at radius 1 is 0.960 bits per heavy atom. The minimum absolute atomic E-state index is 0.0164. The summed E-state index contributed by atoms with van der Waals surface area (Å²) in [5, 5.41) is 0. The van der Waals surface area contributed by atoms with Gasteiger partial charge in [0.2, 0.25) is 10.0 Å². The Hall–Kier alpha value is -2.71. The van der Waals surface area contributed by atoms with Crippen LogP contribution < -0.4 is 15.8 Å². The first-order chi connectivity index (χ1) is 12.0. The van der Waals surface area contributed by atoms with E-state index in [1.807, 2.05) is 6.07 Å². The van der Waals surface area contributed by atoms with Gasteiger partial charge >= 0.3 is 11.1 Å². The summed E-state index contributed by atoms with van der Waals surface area (Å²) in [6, 6.07) is 15.7. The van der Waals surface area contributed by atoms with Crippen LogP contribution in [0.5, 0.6) is 0 Å². The zero-order valence-corrected chi connectivity index (χ0v) is 14.1. The fourth-order valence-corrected chi connectivity index (χ4v) is 3.74. The number of para-hydroxylation sites is 2. The standard InChI is InChI=1S/C17H17N3O4S/c21-16-17(22)20(15-9-5-4-8-14(15)19-16)11-10-18-25(23,24)12-13-6-2-1-3-7-13/h1-9,18H,10-12H2,(H,19,21). The fourth-order valence-electron chi connectivity index (χ4n) is 2.60. The Morgan fingerprint density at radius 3 is 2.40 bits per heavy atom. The number of nitrogens with zero attached hydrogens (tertiary/aromatic N) is 1. The molecule has 0 bridgehead atoms. The molecule has 8 heteroatoms. The van der Waals surface area contributed by atoms with Crippen molar-refractivity contribution in [2.24, 2.45) is 0 Å². The average Bonchev–Trinajstić information content (AvgIpc) is 2.58. The lowest BCUT2D eigenvalue weighted by Crippen LogP contribution is -2.39. The van der Waals surface area contributed by atoms with Crippen molar-refractivity contribution < 1.29 is 8.42 Å². The van der Waals surface area contributed by atoms with Gasteiger partial charge in [0.1, 0.15) is 0 Å². The molecular weight excluding hydrogens is 342 g/mol. The third-order valence-corrected chi connectivity index (χ3v) is 5.10. The maximum Gasteiger partial charge on any atom is 0.316 e. The predicted molar refractivity (Wildman–Crippen MR) is 95.9 cm³/mol. The summed E-state index contributed by atoms with van der Waals surface area (Å²) >= 11 is 0. The largest absolute Gasteiger partial charge is 0.316 e. The van der Waals surface area contributed by atoms with Crippen LogP contribution >= 0.6 is 0 Å². The van der Waals surface area contributed by atoms with Gasteiger partial charge in [-0.3, -0.25) is 9.59 Å². The number of sulfonamides is 1. The fraction of sp³-hybridized carbons (Fsp3) is 0.176. The van der Waals surface area contributed by atoms with Gasteiger partial charge < -0.3 is 9.55 Å². The molecule has 1 aromatic heterocycles. The Balaban J connectivity index is 1.76. The Bertz CT molecular complexity index is 1100. The Labute approximate surface area is 144 Å². The van der Waals surface area contributed by atoms with Crippen LogP contribution in [0.4, 0.5) is 0 Å². The van der Waals surface area contributed by atoms with Crippen molar-refractivity contribution in [3.05, 3.63) is 80.9 Å². The van der Waals surface area contributed by atoms with E-state index in [0.717, 1.165) is 0 Å². The number of rotatable bonds is 6. The zero-order valence-electron chi connectivity index (χ0n) is 13.3. The highest BCUT2D eigenvalue weighted by atomic mass is 32.2. The van der Waals surface area contributed by atoms with Gasteiger partial charge in [-0.15, -0.1) is 0 Å². The molecule has 0 amide bonds. The number of aromatic amines is 1. The van der Waals surface area contributed by atoms with Crippen molar-refractivity contribution in [1.82, 2.24) is 14.3 Å². The number of fused-ring (bicyclic) bond motifs is 1. The van der Waals surface area contributed by atoms with Crippen molar-refractivity contribution in [1.29, 1.82) is 0 Å². The minimum Gasteiger partial charge on any atom is -0.316 e. The summed E-state index contributed by atoms with van der Waals surface area (Å²) in [6.07, 6.45) is 0. The third-order valence-electron chi connectivity index (χ3n) is 3.74. The van der Waals surface area contributed by atoms with Crippen LogP contribution in [-0.4, -0.2) is 24.5 Å². The van der Waals surface area contributed by atoms with Gasteiger partial charge in [-0.1, -0.05) is 42.5 Å². The molecule has 0 saturated heterocycles. The highest BCUT2D eigenvalue weighted by Crippen LogP contribution is 2.07. The number of aromatic nitrogens is 2. The summed E-state index contributed by atoms with van der Waals surface area (Å²) in [5.74, 6) is -0.140. The van der Waals surface area contributed by atoms with Gasteiger partial charge in [0.05, 0.1) is 16.8 Å². The molecule has 1 heterocycles. The monoisotopic (exact) mass is 359 g/mol. The van der Waals surface area contributed by atoms with Crippen molar-refractivity contribution in [3.63, 3.8) is 0 Å². The SMILES string of the molecule is O=c1[nH]c2ccccc2n(CCNS(=O)(=O)Cc2ccccc2)c1=O. The summed E-state index contributed by atoms with van der Waals surface area (Å²) in [4.78, 5) is 26.3. The van der Waals surface area contributed by atoms with E-state index in [1.54, 1.807) is 48.5 Å². The van der Waals surface area contributed by atoms with E-state index in [9.17, 15) is 18.0 Å². The number of hydrogen-bond donors (Lipinski definition) is 2. The highest BCUT2D eigenvalue weighted by Gasteiger charge is 2.12. The Morgan fingerprint density at radius 2 is 1.64 bits per heavy atom. The average molecular weight is 359 g/mol. The zero-order chi connectivity index (χ0) is 17.9. The van der Waals surface area contributed by atoms with Crippen LogP contribution in [-0.2, 0) is 22.3 Å². The van der Waals surface area contributed by atoms with E-state index in [4.69, 9.17) is 0 Å². The summed E-state index contributed by atoms with van der Waals surface area (Å²) in [5.41, 5.74) is 0.314. The molecular formula is C17H17N3O4S. The second-order valence-electron chi connectivity index (χ2n) is 5.57. The van der Waals surface area contributed by atoms with E-state index < -0.39 is 21.1 Å². The van der Waals surface area contributed by atoms with Crippen molar-refractivity contribution in [2.45, 2.75) is 12.3 Å². The summed E-state index contributed by atoms with van der Waals surface area (Å²) in [7, 11) is -3.53. The summed E-state index contributed by atoms with van der Waals surface area (Å²) in [6.45, 7) is 0.0831. The van der Waals surface area contributed by atoms with Crippen LogP contribution in [0.3, 0.4) is 0 Å². The van der Waals surface area contributed by atoms with Crippen LogP contribution in [0.2, 0.25) is 0 Å². The van der Waals surface area contributed by atoms with Crippen molar-refractivity contribution in [3.8, 4) is 0 Å². The highest BCUT2D eigenvalue weighted by molar-refractivity contribution is 7.88. The molecule has 7 nitrogen and oxygen atoms in total. The molecule has 25 heavy (non-hydrogen) atoms. The molecule has 3 rings (SSSR count). The lowest BCUT2D eigenvalue weighted by molar-refractivity contribution is 0.571. The Kier molecular flexibility index (Phi) is 4.82. The molecule has 2 N–H and O–H groups in total. The number of benzene rings is 2. The second kappa shape index (κ2) is 7.04. The second-order valence-corrected chi connectivity index (χ2v) is 7.37. The quantitative estimate of drug-likeness (QED) is 0.636. The molecule has 0 aliphatic heterocycles. The maximum atomic E-state index is 12.1. The van der Waals surface area contributed by atoms with Gasteiger partial charge in [0.25, 0.3) is 0 Å².